The van der Waals surface area contributed by atoms with E-state index in [0.29, 0.717) is 51.0 Å². The number of nitrogens with one attached hydrogen (secondary N) is 1. The molecular formula is C31H39N9O3. The molecule has 3 aromatic rings. The summed E-state index contributed by atoms with van der Waals surface area (Å²) in [5, 5.41) is 17.5. The van der Waals surface area contributed by atoms with Crippen molar-refractivity contribution in [3.05, 3.63) is 78.6 Å². The number of aliphatic hydroxyl groups excluding tert-OH is 1. The van der Waals surface area contributed by atoms with Gasteiger partial charge in [-0.05, 0) is 44.4 Å². The second-order valence-corrected chi connectivity index (χ2v) is 10.7. The maximum atomic E-state index is 12.2. The predicted molar refractivity (Wildman–Crippen MR) is 168 cm³/mol. The highest BCUT2D eigenvalue weighted by molar-refractivity contribution is 5.83. The van der Waals surface area contributed by atoms with Gasteiger partial charge in [-0.2, -0.15) is 4.98 Å². The van der Waals surface area contributed by atoms with Crippen LogP contribution in [0.2, 0.25) is 0 Å². The van der Waals surface area contributed by atoms with Crippen LogP contribution >= 0.6 is 0 Å². The number of amides is 1. The summed E-state index contributed by atoms with van der Waals surface area (Å²) in [6.45, 7) is 12.0. The van der Waals surface area contributed by atoms with E-state index in [-0.39, 0.29) is 19.1 Å². The van der Waals surface area contributed by atoms with Gasteiger partial charge in [0.1, 0.15) is 6.61 Å². The van der Waals surface area contributed by atoms with Gasteiger partial charge in [0, 0.05) is 63.0 Å². The van der Waals surface area contributed by atoms with Crippen molar-refractivity contribution in [3.63, 3.8) is 0 Å². The lowest BCUT2D eigenvalue weighted by molar-refractivity contribution is -0.135. The van der Waals surface area contributed by atoms with Gasteiger partial charge in [-0.1, -0.05) is 18.7 Å². The zero-order chi connectivity index (χ0) is 30.5. The molecule has 1 amide bonds. The van der Waals surface area contributed by atoms with Crippen molar-refractivity contribution < 1.29 is 14.6 Å². The van der Waals surface area contributed by atoms with E-state index < -0.39 is 0 Å². The number of hydrogen-bond donors (Lipinski definition) is 2. The number of fused-ring (bicyclic) bond motifs is 1. The molecule has 12 heteroatoms. The third-order valence-electron chi connectivity index (χ3n) is 7.37. The monoisotopic (exact) mass is 585 g/mol. The van der Waals surface area contributed by atoms with Crippen LogP contribution in [0.3, 0.4) is 0 Å². The SMILES string of the molecule is C=CCN1C(=C)c2cnc(Nc3ccc(N4CCN(C(=O)COC)CC4)c(CO)c3)nc2N1c1cccc(CN(C)C)n1. The second-order valence-electron chi connectivity index (χ2n) is 10.7. The Morgan fingerprint density at radius 2 is 1.95 bits per heavy atom. The minimum absolute atomic E-state index is 0.00905. The highest BCUT2D eigenvalue weighted by atomic mass is 16.5. The van der Waals surface area contributed by atoms with Gasteiger partial charge in [-0.25, -0.2) is 15.0 Å². The molecule has 1 aromatic carbocycles. The molecule has 0 saturated carbocycles. The molecule has 4 heterocycles. The van der Waals surface area contributed by atoms with Crippen LogP contribution in [0.25, 0.3) is 5.70 Å². The third kappa shape index (κ3) is 6.46. The first kappa shape index (κ1) is 30.0. The van der Waals surface area contributed by atoms with E-state index in [1.54, 1.807) is 6.20 Å². The van der Waals surface area contributed by atoms with Gasteiger partial charge in [0.2, 0.25) is 11.9 Å². The molecule has 12 nitrogen and oxygen atoms in total. The van der Waals surface area contributed by atoms with E-state index in [1.807, 2.05) is 71.5 Å². The number of ether oxygens (including phenoxy) is 1. The topological polar surface area (TPSA) is 113 Å². The zero-order valence-corrected chi connectivity index (χ0v) is 25.0. The summed E-state index contributed by atoms with van der Waals surface area (Å²) < 4.78 is 4.99. The van der Waals surface area contributed by atoms with Crippen molar-refractivity contribution in [2.45, 2.75) is 13.2 Å². The fourth-order valence-corrected chi connectivity index (χ4v) is 5.35. The second kappa shape index (κ2) is 13.2. The molecule has 0 radical (unpaired) electrons. The number of carbonyl (C=O) groups excluding carboxylic acids is 1. The number of aromatic nitrogens is 3. The first-order valence-corrected chi connectivity index (χ1v) is 14.2. The first-order chi connectivity index (χ1) is 20.8. The number of hydrazine groups is 1. The number of anilines is 5. The zero-order valence-electron chi connectivity index (χ0n) is 25.0. The first-order valence-electron chi connectivity index (χ1n) is 14.2. The standard InChI is InChI=1S/C31H39N9O3/c1-6-12-39-22(2)26-18-32-31(35-30(26)40(39)28-9-7-8-25(33-28)19-36(3)4)34-24-10-11-27(23(17-24)20-41)37-13-15-38(16-14-37)29(42)21-43-5/h6-11,17-18,41H,1-2,12-16,19-21H2,3-5H3,(H,32,34,35). The van der Waals surface area contributed by atoms with Crippen molar-refractivity contribution in [2.24, 2.45) is 0 Å². The molecule has 43 heavy (non-hydrogen) atoms. The molecule has 0 bridgehead atoms. The predicted octanol–water partition coefficient (Wildman–Crippen LogP) is 2.99. The quantitative estimate of drug-likeness (QED) is 0.324. The average Bonchev–Trinajstić information content (AvgIpc) is 3.27. The van der Waals surface area contributed by atoms with Gasteiger partial charge in [0.05, 0.1) is 30.1 Å². The Morgan fingerprint density at radius 3 is 2.65 bits per heavy atom. The third-order valence-corrected chi connectivity index (χ3v) is 7.37. The van der Waals surface area contributed by atoms with Crippen LogP contribution in [0.1, 0.15) is 16.8 Å². The Balaban J connectivity index is 1.38. The number of piperazine rings is 1. The Kier molecular flexibility index (Phi) is 9.19. The molecule has 0 atom stereocenters. The molecule has 0 aliphatic carbocycles. The maximum Gasteiger partial charge on any atom is 0.248 e. The Bertz CT molecular complexity index is 1490. The Hall–Kier alpha value is -4.52. The fourth-order valence-electron chi connectivity index (χ4n) is 5.35. The van der Waals surface area contributed by atoms with Crippen molar-refractivity contribution in [2.75, 3.05) is 75.8 Å². The van der Waals surface area contributed by atoms with Crippen molar-refractivity contribution >= 4 is 40.6 Å². The number of benzene rings is 1. The van der Waals surface area contributed by atoms with E-state index >= 15 is 0 Å². The van der Waals surface area contributed by atoms with E-state index in [0.717, 1.165) is 39.7 Å². The van der Waals surface area contributed by atoms with Crippen LogP contribution in [0.5, 0.6) is 0 Å². The number of rotatable bonds is 11. The minimum atomic E-state index is -0.127. The van der Waals surface area contributed by atoms with Gasteiger partial charge in [-0.15, -0.1) is 6.58 Å². The number of aliphatic hydroxyl groups is 1. The number of hydrogen-bond acceptors (Lipinski definition) is 11. The van der Waals surface area contributed by atoms with Crippen LogP contribution < -0.4 is 15.2 Å². The maximum absolute atomic E-state index is 12.2. The summed E-state index contributed by atoms with van der Waals surface area (Å²) >= 11 is 0. The summed E-state index contributed by atoms with van der Waals surface area (Å²) in [6, 6.07) is 11.8. The number of nitrogens with zero attached hydrogens (tertiary/aromatic N) is 8. The molecule has 5 rings (SSSR count). The molecule has 0 spiro atoms. The van der Waals surface area contributed by atoms with Gasteiger partial charge in [0.25, 0.3) is 0 Å². The lowest BCUT2D eigenvalue weighted by atomic mass is 10.1. The molecular weight excluding hydrogens is 546 g/mol. The van der Waals surface area contributed by atoms with Crippen molar-refractivity contribution in [3.8, 4) is 0 Å². The average molecular weight is 586 g/mol. The molecule has 2 aromatic heterocycles. The summed E-state index contributed by atoms with van der Waals surface area (Å²) in [5.41, 5.74) is 4.97. The van der Waals surface area contributed by atoms with E-state index in [1.165, 1.54) is 7.11 Å². The molecule has 1 fully saturated rings. The summed E-state index contributed by atoms with van der Waals surface area (Å²) in [5.74, 6) is 1.79. The molecule has 1 saturated heterocycles. The number of pyridine rings is 1. The van der Waals surface area contributed by atoms with Crippen LogP contribution in [-0.4, -0.2) is 101 Å². The Morgan fingerprint density at radius 1 is 1.16 bits per heavy atom. The summed E-state index contributed by atoms with van der Waals surface area (Å²) in [6.07, 6.45) is 3.58. The van der Waals surface area contributed by atoms with Gasteiger partial charge in [-0.3, -0.25) is 9.80 Å². The minimum Gasteiger partial charge on any atom is -0.392 e. The number of methoxy groups -OCH3 is 1. The number of carbonyl (C=O) groups is 1. The molecule has 226 valence electrons. The molecule has 2 aliphatic heterocycles. The highest BCUT2D eigenvalue weighted by Gasteiger charge is 2.34. The lowest BCUT2D eigenvalue weighted by Gasteiger charge is -2.37. The van der Waals surface area contributed by atoms with Gasteiger partial charge < -0.3 is 29.9 Å². The van der Waals surface area contributed by atoms with Crippen LogP contribution in [-0.2, 0) is 22.7 Å². The molecule has 2 N–H and O–H groups in total. The lowest BCUT2D eigenvalue weighted by Crippen LogP contribution is -2.50. The van der Waals surface area contributed by atoms with E-state index in [9.17, 15) is 9.90 Å². The normalized spacial score (nSPS) is 14.9. The van der Waals surface area contributed by atoms with Crippen LogP contribution in [0.15, 0.2) is 61.8 Å². The van der Waals surface area contributed by atoms with Crippen molar-refractivity contribution in [1.82, 2.24) is 29.8 Å². The summed E-state index contributed by atoms with van der Waals surface area (Å²) in [4.78, 5) is 32.6. The van der Waals surface area contributed by atoms with E-state index in [2.05, 4.69) is 33.3 Å². The van der Waals surface area contributed by atoms with Gasteiger partial charge in [0.15, 0.2) is 11.6 Å². The molecule has 0 unspecified atom stereocenters. The summed E-state index contributed by atoms with van der Waals surface area (Å²) in [7, 11) is 5.55. The Labute approximate surface area is 252 Å². The smallest absolute Gasteiger partial charge is 0.248 e. The van der Waals surface area contributed by atoms with Crippen molar-refractivity contribution in [1.29, 1.82) is 0 Å². The van der Waals surface area contributed by atoms with E-state index in [4.69, 9.17) is 14.7 Å². The molecule has 2 aliphatic rings. The fraction of sp³-hybridized carbons (Fsp3) is 0.355. The van der Waals surface area contributed by atoms with Crippen LogP contribution in [0, 0.1) is 0 Å². The highest BCUT2D eigenvalue weighted by Crippen LogP contribution is 2.41. The largest absolute Gasteiger partial charge is 0.392 e. The van der Waals surface area contributed by atoms with Gasteiger partial charge >= 0.3 is 0 Å². The van der Waals surface area contributed by atoms with Crippen LogP contribution in [0.4, 0.5) is 29.0 Å².